The van der Waals surface area contributed by atoms with Crippen molar-refractivity contribution in [3.63, 3.8) is 0 Å². The minimum absolute atomic E-state index is 0.135. The van der Waals surface area contributed by atoms with Gasteiger partial charge in [0.2, 0.25) is 5.91 Å². The Bertz CT molecular complexity index is 981. The fourth-order valence-electron chi connectivity index (χ4n) is 4.88. The SMILES string of the molecule is O=C(N1CC2(C1)CN(c1cc(F)cc3ncsc13)CC2CO)C1(C(F)(F)F)CC1. The van der Waals surface area contributed by atoms with Crippen LogP contribution in [0.25, 0.3) is 10.2 Å². The minimum atomic E-state index is -4.52. The van der Waals surface area contributed by atoms with Crippen LogP contribution in [0.5, 0.6) is 0 Å². The fourth-order valence-corrected chi connectivity index (χ4v) is 5.70. The summed E-state index contributed by atoms with van der Waals surface area (Å²) in [6.45, 7) is 1.15. The number of alkyl halides is 3. The third-order valence-electron chi connectivity index (χ3n) is 6.75. The van der Waals surface area contributed by atoms with Gasteiger partial charge in [0.05, 0.1) is 21.4 Å². The van der Waals surface area contributed by atoms with Crippen LogP contribution in [-0.2, 0) is 4.79 Å². The maximum Gasteiger partial charge on any atom is 0.403 e. The number of aromatic nitrogens is 1. The van der Waals surface area contributed by atoms with Gasteiger partial charge in [0, 0.05) is 50.2 Å². The van der Waals surface area contributed by atoms with Gasteiger partial charge in [0.15, 0.2) is 0 Å². The Morgan fingerprint density at radius 2 is 2.00 bits per heavy atom. The van der Waals surface area contributed by atoms with Crippen LogP contribution in [0.4, 0.5) is 23.2 Å². The molecule has 5 rings (SSSR count). The molecule has 3 fully saturated rings. The second-order valence-electron chi connectivity index (χ2n) is 8.49. The van der Waals surface area contributed by atoms with Crippen molar-refractivity contribution in [3.05, 3.63) is 23.5 Å². The van der Waals surface area contributed by atoms with Crippen molar-refractivity contribution in [2.24, 2.45) is 16.7 Å². The van der Waals surface area contributed by atoms with E-state index in [0.717, 1.165) is 4.70 Å². The average Bonchev–Trinajstić information content (AvgIpc) is 3.17. The topological polar surface area (TPSA) is 56.7 Å². The van der Waals surface area contributed by atoms with E-state index >= 15 is 0 Å². The second-order valence-corrected chi connectivity index (χ2v) is 9.34. The summed E-state index contributed by atoms with van der Waals surface area (Å²) in [5.41, 5.74) is 0.183. The number of anilines is 1. The first-order valence-corrected chi connectivity index (χ1v) is 10.3. The molecule has 156 valence electrons. The number of amides is 1. The molecule has 2 saturated heterocycles. The first-order valence-electron chi connectivity index (χ1n) is 9.44. The number of aliphatic hydroxyl groups is 1. The van der Waals surface area contributed by atoms with Crippen LogP contribution in [-0.4, -0.2) is 59.9 Å². The Kier molecular flexibility index (Phi) is 3.97. The predicted molar refractivity (Wildman–Crippen MR) is 99.1 cm³/mol. The minimum Gasteiger partial charge on any atom is -0.396 e. The lowest BCUT2D eigenvalue weighted by molar-refractivity contribution is -0.205. The molecule has 1 saturated carbocycles. The van der Waals surface area contributed by atoms with Gasteiger partial charge in [0.25, 0.3) is 0 Å². The highest BCUT2D eigenvalue weighted by atomic mass is 32.1. The number of carbonyl (C=O) groups is 1. The number of halogens is 4. The molecule has 1 N–H and O–H groups in total. The Balaban J connectivity index is 1.37. The molecule has 5 nitrogen and oxygen atoms in total. The molecule has 1 spiro atoms. The lowest BCUT2D eigenvalue weighted by Gasteiger charge is -2.51. The van der Waals surface area contributed by atoms with Crippen molar-refractivity contribution < 1.29 is 27.5 Å². The molecular formula is C19H19F4N3O2S. The van der Waals surface area contributed by atoms with E-state index in [1.165, 1.54) is 28.4 Å². The van der Waals surface area contributed by atoms with E-state index in [2.05, 4.69) is 4.98 Å². The van der Waals surface area contributed by atoms with Crippen molar-refractivity contribution >= 4 is 33.1 Å². The van der Waals surface area contributed by atoms with Crippen molar-refractivity contribution in [3.8, 4) is 0 Å². The number of fused-ring (bicyclic) bond motifs is 1. The highest BCUT2D eigenvalue weighted by Crippen LogP contribution is 2.60. The molecule has 1 aliphatic carbocycles. The zero-order valence-corrected chi connectivity index (χ0v) is 16.2. The highest BCUT2D eigenvalue weighted by molar-refractivity contribution is 7.17. The van der Waals surface area contributed by atoms with Crippen molar-refractivity contribution in [2.45, 2.75) is 19.0 Å². The number of nitrogens with zero attached hydrogens (tertiary/aromatic N) is 3. The molecule has 1 amide bonds. The van der Waals surface area contributed by atoms with Gasteiger partial charge < -0.3 is 14.9 Å². The van der Waals surface area contributed by atoms with E-state index < -0.39 is 28.7 Å². The largest absolute Gasteiger partial charge is 0.403 e. The summed E-state index contributed by atoms with van der Waals surface area (Å²) >= 11 is 1.39. The van der Waals surface area contributed by atoms with Gasteiger partial charge in [-0.1, -0.05) is 0 Å². The Hall–Kier alpha value is -1.94. The van der Waals surface area contributed by atoms with Crippen LogP contribution in [0.1, 0.15) is 12.8 Å². The molecule has 3 aliphatic rings. The van der Waals surface area contributed by atoms with Gasteiger partial charge in [-0.2, -0.15) is 13.2 Å². The normalized spacial score (nSPS) is 24.9. The van der Waals surface area contributed by atoms with Gasteiger partial charge in [-0.25, -0.2) is 9.37 Å². The Morgan fingerprint density at radius 1 is 1.28 bits per heavy atom. The third-order valence-corrected chi connectivity index (χ3v) is 7.62. The van der Waals surface area contributed by atoms with E-state index in [4.69, 9.17) is 0 Å². The summed E-state index contributed by atoms with van der Waals surface area (Å²) < 4.78 is 54.7. The number of benzene rings is 1. The van der Waals surface area contributed by atoms with E-state index in [-0.39, 0.29) is 38.5 Å². The Morgan fingerprint density at radius 3 is 2.62 bits per heavy atom. The summed E-state index contributed by atoms with van der Waals surface area (Å²) in [6, 6.07) is 2.79. The highest BCUT2D eigenvalue weighted by Gasteiger charge is 2.71. The van der Waals surface area contributed by atoms with Crippen LogP contribution in [0, 0.1) is 22.6 Å². The molecule has 1 unspecified atom stereocenters. The summed E-state index contributed by atoms with van der Waals surface area (Å²) in [5.74, 6) is -1.45. The number of hydrogen-bond donors (Lipinski definition) is 1. The van der Waals surface area contributed by atoms with Gasteiger partial charge in [-0.05, 0) is 18.9 Å². The molecule has 2 aliphatic heterocycles. The van der Waals surface area contributed by atoms with Crippen molar-refractivity contribution in [2.75, 3.05) is 37.7 Å². The molecular weight excluding hydrogens is 410 g/mol. The van der Waals surface area contributed by atoms with Gasteiger partial charge in [-0.15, -0.1) is 11.3 Å². The maximum atomic E-state index is 14.0. The number of carbonyl (C=O) groups excluding carboxylic acids is 1. The molecule has 0 bridgehead atoms. The molecule has 1 atom stereocenters. The monoisotopic (exact) mass is 429 g/mol. The van der Waals surface area contributed by atoms with E-state index in [1.807, 2.05) is 4.90 Å². The van der Waals surface area contributed by atoms with Crippen LogP contribution >= 0.6 is 11.3 Å². The number of aliphatic hydroxyl groups excluding tert-OH is 1. The smallest absolute Gasteiger partial charge is 0.396 e. The van der Waals surface area contributed by atoms with Crippen LogP contribution in [0.3, 0.4) is 0 Å². The zero-order valence-electron chi connectivity index (χ0n) is 15.4. The van der Waals surface area contributed by atoms with Crippen molar-refractivity contribution in [1.82, 2.24) is 9.88 Å². The zero-order chi connectivity index (χ0) is 20.6. The van der Waals surface area contributed by atoms with E-state index in [0.29, 0.717) is 24.3 Å². The average molecular weight is 429 g/mol. The lowest BCUT2D eigenvalue weighted by atomic mass is 9.71. The van der Waals surface area contributed by atoms with Crippen LogP contribution in [0.15, 0.2) is 17.6 Å². The fraction of sp³-hybridized carbons (Fsp3) is 0.579. The van der Waals surface area contributed by atoms with Crippen LogP contribution < -0.4 is 4.90 Å². The number of likely N-dealkylation sites (tertiary alicyclic amines) is 1. The summed E-state index contributed by atoms with van der Waals surface area (Å²) in [5, 5.41) is 9.89. The number of thiazole rings is 1. The molecule has 29 heavy (non-hydrogen) atoms. The van der Waals surface area contributed by atoms with Crippen molar-refractivity contribution in [1.29, 1.82) is 0 Å². The summed E-state index contributed by atoms with van der Waals surface area (Å²) in [4.78, 5) is 19.9. The van der Waals surface area contributed by atoms with Gasteiger partial charge in [-0.3, -0.25) is 4.79 Å². The molecule has 10 heteroatoms. The third kappa shape index (κ3) is 2.68. The van der Waals surface area contributed by atoms with E-state index in [9.17, 15) is 27.5 Å². The maximum absolute atomic E-state index is 14.0. The Labute approximate surface area is 167 Å². The lowest BCUT2D eigenvalue weighted by Crippen LogP contribution is -2.64. The molecule has 3 heterocycles. The van der Waals surface area contributed by atoms with Gasteiger partial charge >= 0.3 is 6.18 Å². The predicted octanol–water partition coefficient (Wildman–Crippen LogP) is 3.04. The van der Waals surface area contributed by atoms with Crippen LogP contribution in [0.2, 0.25) is 0 Å². The second kappa shape index (κ2) is 6.04. The first-order chi connectivity index (χ1) is 13.7. The number of hydrogen-bond acceptors (Lipinski definition) is 5. The van der Waals surface area contributed by atoms with E-state index in [1.54, 1.807) is 5.51 Å². The standard InChI is InChI=1S/C19H19F4N3O2S/c20-12-3-13-15(29-10-24-13)14(4-12)25-5-11(6-27)17(7-25)8-26(9-17)16(28)18(1-2-18)19(21,22)23/h3-4,10-11,27H,1-2,5-9H2. The molecule has 1 aromatic carbocycles. The first kappa shape index (κ1) is 19.0. The van der Waals surface area contributed by atoms with Gasteiger partial charge in [0.1, 0.15) is 11.2 Å². The quantitative estimate of drug-likeness (QED) is 0.763. The summed E-state index contributed by atoms with van der Waals surface area (Å²) in [6.07, 6.45) is -4.83. The molecule has 1 aromatic heterocycles. The molecule has 0 radical (unpaired) electrons. The number of rotatable bonds is 3. The summed E-state index contributed by atoms with van der Waals surface area (Å²) in [7, 11) is 0. The molecule has 2 aromatic rings.